The molecule has 0 saturated heterocycles. The summed E-state index contributed by atoms with van der Waals surface area (Å²) >= 11 is 0. The van der Waals surface area contributed by atoms with Crippen molar-refractivity contribution in [2.24, 2.45) is 11.7 Å². The zero-order valence-electron chi connectivity index (χ0n) is 11.7. The SMILES string of the molecule is NCCCC[C@H](NC(=O)C1CCC(S(=O)(=O)O)C1)C(=O)O. The van der Waals surface area contributed by atoms with Gasteiger partial charge >= 0.3 is 5.97 Å². The largest absolute Gasteiger partial charge is 0.480 e. The van der Waals surface area contributed by atoms with Crippen LogP contribution in [0, 0.1) is 5.92 Å². The van der Waals surface area contributed by atoms with E-state index < -0.39 is 39.2 Å². The molecule has 5 N–H and O–H groups in total. The highest BCUT2D eigenvalue weighted by molar-refractivity contribution is 7.86. The summed E-state index contributed by atoms with van der Waals surface area (Å²) in [6.07, 6.45) is 2.11. The number of hydrogen-bond acceptors (Lipinski definition) is 5. The van der Waals surface area contributed by atoms with Gasteiger partial charge in [-0.1, -0.05) is 0 Å². The minimum absolute atomic E-state index is 0.0276. The molecule has 1 aliphatic rings. The van der Waals surface area contributed by atoms with E-state index in [0.29, 0.717) is 25.8 Å². The molecule has 122 valence electrons. The first kappa shape index (κ1) is 17.9. The first-order valence-electron chi connectivity index (χ1n) is 6.95. The molecule has 0 radical (unpaired) electrons. The standard InChI is InChI=1S/C12H22N2O6S/c13-6-2-1-3-10(12(16)17)14-11(15)8-4-5-9(7-8)21(18,19)20/h8-10H,1-7,13H2,(H,14,15)(H,16,17)(H,18,19,20)/t8?,9?,10-/m0/s1. The minimum atomic E-state index is -4.14. The molecule has 0 aromatic rings. The molecular weight excluding hydrogens is 300 g/mol. The van der Waals surface area contributed by atoms with E-state index in [0.717, 1.165) is 0 Å². The van der Waals surface area contributed by atoms with Gasteiger partial charge in [-0.15, -0.1) is 0 Å². The fourth-order valence-corrected chi connectivity index (χ4v) is 3.40. The molecule has 1 rings (SSSR count). The molecule has 1 amide bonds. The van der Waals surface area contributed by atoms with Crippen molar-refractivity contribution in [1.29, 1.82) is 0 Å². The predicted molar refractivity (Wildman–Crippen MR) is 75.1 cm³/mol. The molecule has 2 unspecified atom stereocenters. The number of aliphatic carboxylic acids is 1. The maximum Gasteiger partial charge on any atom is 0.326 e. The van der Waals surface area contributed by atoms with Crippen molar-refractivity contribution in [3.8, 4) is 0 Å². The lowest BCUT2D eigenvalue weighted by Gasteiger charge is -2.17. The lowest BCUT2D eigenvalue weighted by atomic mass is 10.1. The third-order valence-electron chi connectivity index (χ3n) is 3.74. The molecule has 9 heteroatoms. The molecule has 0 aromatic carbocycles. The van der Waals surface area contributed by atoms with Crippen molar-refractivity contribution in [3.63, 3.8) is 0 Å². The van der Waals surface area contributed by atoms with Crippen molar-refractivity contribution in [1.82, 2.24) is 5.32 Å². The molecule has 0 aromatic heterocycles. The zero-order valence-corrected chi connectivity index (χ0v) is 12.5. The van der Waals surface area contributed by atoms with Gasteiger partial charge in [0, 0.05) is 5.92 Å². The lowest BCUT2D eigenvalue weighted by molar-refractivity contribution is -0.142. The Morgan fingerprint density at radius 3 is 2.43 bits per heavy atom. The normalized spacial score (nSPS) is 23.7. The average molecular weight is 322 g/mol. The third-order valence-corrected chi connectivity index (χ3v) is 5.01. The molecule has 0 aliphatic heterocycles. The van der Waals surface area contributed by atoms with Crippen LogP contribution < -0.4 is 11.1 Å². The molecule has 0 bridgehead atoms. The highest BCUT2D eigenvalue weighted by Crippen LogP contribution is 2.30. The highest BCUT2D eigenvalue weighted by Gasteiger charge is 2.37. The molecule has 1 saturated carbocycles. The fraction of sp³-hybridized carbons (Fsp3) is 0.833. The van der Waals surface area contributed by atoms with Crippen molar-refractivity contribution in [3.05, 3.63) is 0 Å². The maximum atomic E-state index is 12.0. The van der Waals surface area contributed by atoms with Gasteiger partial charge in [0.25, 0.3) is 10.1 Å². The van der Waals surface area contributed by atoms with Gasteiger partial charge in [-0.05, 0) is 45.1 Å². The van der Waals surface area contributed by atoms with E-state index in [1.165, 1.54) is 0 Å². The fourth-order valence-electron chi connectivity index (χ4n) is 2.49. The van der Waals surface area contributed by atoms with Crippen molar-refractivity contribution in [2.45, 2.75) is 49.8 Å². The molecule has 0 heterocycles. The second-order valence-corrected chi connectivity index (χ2v) is 7.03. The van der Waals surface area contributed by atoms with E-state index in [9.17, 15) is 18.0 Å². The molecule has 1 fully saturated rings. The van der Waals surface area contributed by atoms with Gasteiger partial charge in [0.2, 0.25) is 5.91 Å². The van der Waals surface area contributed by atoms with Gasteiger partial charge in [0.15, 0.2) is 0 Å². The minimum Gasteiger partial charge on any atom is -0.480 e. The van der Waals surface area contributed by atoms with E-state index >= 15 is 0 Å². The van der Waals surface area contributed by atoms with Crippen LogP contribution in [0.15, 0.2) is 0 Å². The summed E-state index contributed by atoms with van der Waals surface area (Å²) in [5.74, 6) is -2.17. The first-order chi connectivity index (χ1) is 9.75. The average Bonchev–Trinajstić information content (AvgIpc) is 2.86. The van der Waals surface area contributed by atoms with Crippen molar-refractivity contribution >= 4 is 22.0 Å². The van der Waals surface area contributed by atoms with Crippen LogP contribution in [0.5, 0.6) is 0 Å². The number of carbonyl (C=O) groups excluding carboxylic acids is 1. The number of carbonyl (C=O) groups is 2. The van der Waals surface area contributed by atoms with Crippen LogP contribution in [-0.2, 0) is 19.7 Å². The Morgan fingerprint density at radius 1 is 1.29 bits per heavy atom. The van der Waals surface area contributed by atoms with E-state index in [1.54, 1.807) is 0 Å². The monoisotopic (exact) mass is 322 g/mol. The lowest BCUT2D eigenvalue weighted by Crippen LogP contribution is -2.43. The van der Waals surface area contributed by atoms with Crippen LogP contribution >= 0.6 is 0 Å². The van der Waals surface area contributed by atoms with Crippen LogP contribution in [0.4, 0.5) is 0 Å². The number of carboxylic acids is 1. The van der Waals surface area contributed by atoms with E-state index in [-0.39, 0.29) is 19.3 Å². The Labute approximate surface area is 123 Å². The Bertz CT molecular complexity index is 478. The Hall–Kier alpha value is -1.19. The predicted octanol–water partition coefficient (Wildman–Crippen LogP) is -0.259. The van der Waals surface area contributed by atoms with Crippen LogP contribution in [0.2, 0.25) is 0 Å². The summed E-state index contributed by atoms with van der Waals surface area (Å²) in [6.45, 7) is 0.457. The smallest absolute Gasteiger partial charge is 0.326 e. The summed E-state index contributed by atoms with van der Waals surface area (Å²) in [6, 6.07) is -0.992. The van der Waals surface area contributed by atoms with Gasteiger partial charge in [-0.2, -0.15) is 8.42 Å². The van der Waals surface area contributed by atoms with Gasteiger partial charge in [0.1, 0.15) is 6.04 Å². The van der Waals surface area contributed by atoms with E-state index in [4.69, 9.17) is 15.4 Å². The van der Waals surface area contributed by atoms with Gasteiger partial charge in [-0.25, -0.2) is 4.79 Å². The number of carboxylic acid groups (broad SMARTS) is 1. The van der Waals surface area contributed by atoms with Crippen LogP contribution in [0.3, 0.4) is 0 Å². The van der Waals surface area contributed by atoms with Crippen LogP contribution in [0.25, 0.3) is 0 Å². The van der Waals surface area contributed by atoms with Gasteiger partial charge < -0.3 is 16.2 Å². The van der Waals surface area contributed by atoms with E-state index in [1.807, 2.05) is 0 Å². The number of amides is 1. The summed E-state index contributed by atoms with van der Waals surface area (Å²) in [5.41, 5.74) is 5.33. The van der Waals surface area contributed by atoms with Crippen molar-refractivity contribution in [2.75, 3.05) is 6.54 Å². The topological polar surface area (TPSA) is 147 Å². The van der Waals surface area contributed by atoms with Gasteiger partial charge in [0.05, 0.1) is 5.25 Å². The van der Waals surface area contributed by atoms with Gasteiger partial charge in [-0.3, -0.25) is 9.35 Å². The third kappa shape index (κ3) is 5.60. The number of hydrogen-bond donors (Lipinski definition) is 4. The van der Waals surface area contributed by atoms with Crippen molar-refractivity contribution < 1.29 is 27.7 Å². The summed E-state index contributed by atoms with van der Waals surface area (Å²) in [7, 11) is -4.14. The first-order valence-corrected chi connectivity index (χ1v) is 8.45. The number of rotatable bonds is 8. The molecule has 3 atom stereocenters. The Morgan fingerprint density at radius 2 is 1.95 bits per heavy atom. The summed E-state index contributed by atoms with van der Waals surface area (Å²) < 4.78 is 31.0. The van der Waals surface area contributed by atoms with E-state index in [2.05, 4.69) is 5.32 Å². The molecular formula is C12H22N2O6S. The number of nitrogens with one attached hydrogen (secondary N) is 1. The molecule has 0 spiro atoms. The second kappa shape index (κ2) is 7.71. The number of nitrogens with two attached hydrogens (primary N) is 1. The van der Waals surface area contributed by atoms with Crippen LogP contribution in [0.1, 0.15) is 38.5 Å². The Kier molecular flexibility index (Phi) is 6.56. The highest BCUT2D eigenvalue weighted by atomic mass is 32.2. The second-order valence-electron chi connectivity index (χ2n) is 5.33. The molecule has 21 heavy (non-hydrogen) atoms. The summed E-state index contributed by atoms with van der Waals surface area (Å²) in [4.78, 5) is 23.1. The number of unbranched alkanes of at least 4 members (excludes halogenated alkanes) is 1. The molecule has 1 aliphatic carbocycles. The zero-order chi connectivity index (χ0) is 16.0. The Balaban J connectivity index is 2.53. The van der Waals surface area contributed by atoms with Crippen LogP contribution in [-0.4, -0.2) is 47.8 Å². The maximum absolute atomic E-state index is 12.0. The summed E-state index contributed by atoms with van der Waals surface area (Å²) in [5, 5.41) is 10.6. The quantitative estimate of drug-likeness (QED) is 0.355. The molecule has 8 nitrogen and oxygen atoms in total.